The van der Waals surface area contributed by atoms with Gasteiger partial charge in [-0.2, -0.15) is 0 Å². The third kappa shape index (κ3) is 3.53. The average molecular weight is 428 g/mol. The van der Waals surface area contributed by atoms with Crippen LogP contribution in [0.25, 0.3) is 21.5 Å². The monoisotopic (exact) mass is 428 g/mol. The number of fused-ring (bicyclic) bond motifs is 1. The summed E-state index contributed by atoms with van der Waals surface area (Å²) in [5, 5.41) is 17.8. The fraction of sp³-hybridized carbons (Fsp3) is 0.0435. The lowest BCUT2D eigenvalue weighted by Crippen LogP contribution is -2.42. The fourth-order valence-electron chi connectivity index (χ4n) is 3.65. The highest BCUT2D eigenvalue weighted by Crippen LogP contribution is 2.41. The first kappa shape index (κ1) is 19.0. The summed E-state index contributed by atoms with van der Waals surface area (Å²) < 4.78 is 1.04. The van der Waals surface area contributed by atoms with Gasteiger partial charge in [-0.1, -0.05) is 42.5 Å². The molecule has 0 saturated carbocycles. The molecule has 31 heavy (non-hydrogen) atoms. The number of hydrogen-bond donors (Lipinski definition) is 2. The molecule has 1 aliphatic rings. The Kier molecular flexibility index (Phi) is 4.68. The smallest absolute Gasteiger partial charge is 0.320 e. The number of carbonyl (C=O) groups excluding carboxylic acids is 1. The van der Waals surface area contributed by atoms with E-state index in [1.165, 1.54) is 12.1 Å². The third-order valence-electron chi connectivity index (χ3n) is 5.10. The van der Waals surface area contributed by atoms with Crippen LogP contribution in [0.4, 0.5) is 10.5 Å². The number of rotatable bonds is 4. The molecule has 1 atom stereocenters. The van der Waals surface area contributed by atoms with E-state index in [0.717, 1.165) is 31.9 Å². The standard InChI is InChI=1S/C23H16N4O3S/c28-23-25-20(14-6-2-1-3-7-14)19(22-24-17-8-4-5-9-18(17)31-22)21(26-23)15-10-12-16(13-11-15)27(29)30/h1-13,21H,(H2,25,26,28). The van der Waals surface area contributed by atoms with Crippen molar-refractivity contribution in [2.24, 2.45) is 0 Å². The van der Waals surface area contributed by atoms with Gasteiger partial charge >= 0.3 is 6.03 Å². The van der Waals surface area contributed by atoms with Crippen LogP contribution in [0.5, 0.6) is 0 Å². The van der Waals surface area contributed by atoms with E-state index in [-0.39, 0.29) is 11.7 Å². The molecule has 2 amide bonds. The molecule has 3 aromatic carbocycles. The summed E-state index contributed by atoms with van der Waals surface area (Å²) in [5.41, 5.74) is 3.97. The largest absolute Gasteiger partial charge is 0.327 e. The van der Waals surface area contributed by atoms with Crippen LogP contribution >= 0.6 is 11.3 Å². The normalized spacial score (nSPS) is 16.1. The molecule has 2 heterocycles. The van der Waals surface area contributed by atoms with E-state index in [0.29, 0.717) is 5.70 Å². The number of non-ortho nitro benzene ring substituents is 1. The minimum Gasteiger partial charge on any atom is -0.327 e. The fourth-order valence-corrected chi connectivity index (χ4v) is 4.70. The Morgan fingerprint density at radius 1 is 0.935 bits per heavy atom. The summed E-state index contributed by atoms with van der Waals surface area (Å²) in [6, 6.07) is 22.8. The summed E-state index contributed by atoms with van der Waals surface area (Å²) in [6.45, 7) is 0. The van der Waals surface area contributed by atoms with Gasteiger partial charge in [0.25, 0.3) is 5.69 Å². The number of nitro benzene ring substituents is 1. The minimum absolute atomic E-state index is 0.00203. The second kappa shape index (κ2) is 7.66. The third-order valence-corrected chi connectivity index (χ3v) is 6.17. The lowest BCUT2D eigenvalue weighted by atomic mass is 9.93. The van der Waals surface area contributed by atoms with Gasteiger partial charge in [0.1, 0.15) is 5.01 Å². The Balaban J connectivity index is 1.73. The Morgan fingerprint density at radius 3 is 2.35 bits per heavy atom. The van der Waals surface area contributed by atoms with Crippen molar-refractivity contribution >= 4 is 44.5 Å². The van der Waals surface area contributed by atoms with Crippen molar-refractivity contribution in [3.05, 3.63) is 105 Å². The minimum atomic E-state index is -0.509. The van der Waals surface area contributed by atoms with Crippen LogP contribution in [0, 0.1) is 10.1 Å². The molecular formula is C23H16N4O3S. The van der Waals surface area contributed by atoms with E-state index in [1.807, 2.05) is 54.6 Å². The van der Waals surface area contributed by atoms with Crippen LogP contribution in [0.1, 0.15) is 22.2 Å². The SMILES string of the molecule is O=C1NC(c2ccccc2)=C(c2nc3ccccc3s2)C(c2ccc([N+](=O)[O-])cc2)N1. The van der Waals surface area contributed by atoms with Crippen molar-refractivity contribution in [2.45, 2.75) is 6.04 Å². The van der Waals surface area contributed by atoms with Gasteiger partial charge in [-0.25, -0.2) is 9.78 Å². The molecule has 0 aliphatic carbocycles. The molecule has 152 valence electrons. The first-order valence-corrected chi connectivity index (χ1v) is 10.4. The molecule has 8 heteroatoms. The zero-order chi connectivity index (χ0) is 21.4. The van der Waals surface area contributed by atoms with Gasteiger partial charge in [0.15, 0.2) is 0 Å². The highest BCUT2D eigenvalue weighted by molar-refractivity contribution is 7.19. The quantitative estimate of drug-likeness (QED) is 0.348. The lowest BCUT2D eigenvalue weighted by Gasteiger charge is -2.29. The van der Waals surface area contributed by atoms with Crippen molar-refractivity contribution in [1.29, 1.82) is 0 Å². The number of aromatic nitrogens is 1. The summed E-state index contributed by atoms with van der Waals surface area (Å²) in [4.78, 5) is 28.0. The summed E-state index contributed by atoms with van der Waals surface area (Å²) in [7, 11) is 0. The number of amides is 2. The van der Waals surface area contributed by atoms with Crippen LogP contribution in [0.2, 0.25) is 0 Å². The number of carbonyl (C=O) groups is 1. The highest BCUT2D eigenvalue weighted by atomic mass is 32.1. The van der Waals surface area contributed by atoms with Crippen molar-refractivity contribution < 1.29 is 9.72 Å². The van der Waals surface area contributed by atoms with Gasteiger partial charge in [-0.3, -0.25) is 10.1 Å². The van der Waals surface area contributed by atoms with Crippen LogP contribution in [-0.4, -0.2) is 15.9 Å². The predicted molar refractivity (Wildman–Crippen MR) is 120 cm³/mol. The van der Waals surface area contributed by atoms with Crippen molar-refractivity contribution in [1.82, 2.24) is 15.6 Å². The molecule has 1 aromatic heterocycles. The second-order valence-corrected chi connectivity index (χ2v) is 8.05. The molecular weight excluding hydrogens is 412 g/mol. The van der Waals surface area contributed by atoms with Crippen molar-refractivity contribution in [2.75, 3.05) is 0 Å². The topological polar surface area (TPSA) is 97.2 Å². The molecule has 0 spiro atoms. The zero-order valence-electron chi connectivity index (χ0n) is 16.1. The van der Waals surface area contributed by atoms with Gasteiger partial charge in [-0.15, -0.1) is 11.3 Å². The van der Waals surface area contributed by atoms with Gasteiger partial charge < -0.3 is 10.6 Å². The van der Waals surface area contributed by atoms with Gasteiger partial charge in [0.05, 0.1) is 26.9 Å². The average Bonchev–Trinajstić information content (AvgIpc) is 3.23. The lowest BCUT2D eigenvalue weighted by molar-refractivity contribution is -0.384. The number of nitrogens with one attached hydrogen (secondary N) is 2. The van der Waals surface area contributed by atoms with Crippen LogP contribution in [-0.2, 0) is 0 Å². The molecule has 7 nitrogen and oxygen atoms in total. The number of benzene rings is 3. The molecule has 4 aromatic rings. The summed E-state index contributed by atoms with van der Waals surface area (Å²) in [5.74, 6) is 0. The van der Waals surface area contributed by atoms with E-state index in [1.54, 1.807) is 23.5 Å². The van der Waals surface area contributed by atoms with Crippen molar-refractivity contribution in [3.63, 3.8) is 0 Å². The highest BCUT2D eigenvalue weighted by Gasteiger charge is 2.32. The van der Waals surface area contributed by atoms with Crippen LogP contribution < -0.4 is 10.6 Å². The molecule has 0 saturated heterocycles. The van der Waals surface area contributed by atoms with E-state index in [9.17, 15) is 14.9 Å². The molecule has 2 N–H and O–H groups in total. The van der Waals surface area contributed by atoms with Gasteiger partial charge in [0, 0.05) is 17.7 Å². The van der Waals surface area contributed by atoms with Gasteiger partial charge in [-0.05, 0) is 35.4 Å². The van der Waals surface area contributed by atoms with E-state index >= 15 is 0 Å². The van der Waals surface area contributed by atoms with E-state index < -0.39 is 11.0 Å². The number of hydrogen-bond acceptors (Lipinski definition) is 5. The zero-order valence-corrected chi connectivity index (χ0v) is 16.9. The van der Waals surface area contributed by atoms with Gasteiger partial charge in [0.2, 0.25) is 0 Å². The Labute approximate surface area is 181 Å². The molecule has 0 radical (unpaired) electrons. The summed E-state index contributed by atoms with van der Waals surface area (Å²) >= 11 is 1.54. The predicted octanol–water partition coefficient (Wildman–Crippen LogP) is 5.13. The maximum atomic E-state index is 12.6. The second-order valence-electron chi connectivity index (χ2n) is 7.02. The maximum absolute atomic E-state index is 12.6. The number of para-hydroxylation sites is 1. The maximum Gasteiger partial charge on any atom is 0.320 e. The molecule has 0 fully saturated rings. The first-order chi connectivity index (χ1) is 15.1. The number of nitrogens with zero attached hydrogens (tertiary/aromatic N) is 2. The number of thiazole rings is 1. The Hall–Kier alpha value is -4.04. The first-order valence-electron chi connectivity index (χ1n) is 9.57. The number of urea groups is 1. The Morgan fingerprint density at radius 2 is 1.65 bits per heavy atom. The van der Waals surface area contributed by atoms with Crippen molar-refractivity contribution in [3.8, 4) is 0 Å². The molecule has 1 unspecified atom stereocenters. The van der Waals surface area contributed by atoms with E-state index in [2.05, 4.69) is 10.6 Å². The molecule has 5 rings (SSSR count). The van der Waals surface area contributed by atoms with Crippen LogP contribution in [0.3, 0.4) is 0 Å². The Bertz CT molecular complexity index is 1300. The molecule has 1 aliphatic heterocycles. The number of nitro groups is 1. The van der Waals surface area contributed by atoms with E-state index in [4.69, 9.17) is 4.98 Å². The van der Waals surface area contributed by atoms with Crippen LogP contribution in [0.15, 0.2) is 78.9 Å². The molecule has 0 bridgehead atoms. The summed E-state index contributed by atoms with van der Waals surface area (Å²) in [6.07, 6.45) is 0.